The van der Waals surface area contributed by atoms with Gasteiger partial charge in [0, 0.05) is 22.3 Å². The molecule has 0 unspecified atom stereocenters. The Balaban J connectivity index is 2.86. The zero-order valence-electron chi connectivity index (χ0n) is 8.94. The highest BCUT2D eigenvalue weighted by Crippen LogP contribution is 2.10. The maximum Gasteiger partial charge on any atom is 0.234 e. The van der Waals surface area contributed by atoms with Gasteiger partial charge < -0.3 is 4.98 Å². The molecule has 3 heteroatoms. The SMILES string of the molecule is O=c1ccc2cc[nH]c3ccccc3c=2c1=O. The van der Waals surface area contributed by atoms with E-state index in [1.54, 1.807) is 18.3 Å². The molecule has 0 amide bonds. The fourth-order valence-corrected chi connectivity index (χ4v) is 2.04. The molecule has 82 valence electrons. The summed E-state index contributed by atoms with van der Waals surface area (Å²) in [5.41, 5.74) is -0.0673. The Bertz CT molecular complexity index is 880. The molecule has 0 saturated carbocycles. The molecule has 0 aromatic heterocycles. The van der Waals surface area contributed by atoms with Gasteiger partial charge in [-0.05, 0) is 23.4 Å². The number of fused-ring (bicyclic) bond motifs is 2. The van der Waals surface area contributed by atoms with Crippen molar-refractivity contribution in [1.82, 2.24) is 4.98 Å². The van der Waals surface area contributed by atoms with E-state index in [-0.39, 0.29) is 0 Å². The highest BCUT2D eigenvalue weighted by molar-refractivity contribution is 5.78. The summed E-state index contributed by atoms with van der Waals surface area (Å²) < 4.78 is 0. The molecule has 0 atom stereocenters. The second kappa shape index (κ2) is 3.56. The third kappa shape index (κ3) is 1.44. The van der Waals surface area contributed by atoms with E-state index in [1.807, 2.05) is 24.3 Å². The van der Waals surface area contributed by atoms with Crippen molar-refractivity contribution in [3.8, 4) is 0 Å². The second-order valence-electron chi connectivity index (χ2n) is 3.88. The van der Waals surface area contributed by atoms with Crippen LogP contribution < -0.4 is 10.9 Å². The molecule has 1 N–H and O–H groups in total. The molecule has 0 saturated heterocycles. The number of nitrogens with one attached hydrogen (secondary N) is 1. The maximum atomic E-state index is 12.0. The summed E-state index contributed by atoms with van der Waals surface area (Å²) in [6.07, 6.45) is 1.77. The highest BCUT2D eigenvalue weighted by atomic mass is 16.2. The summed E-state index contributed by atoms with van der Waals surface area (Å²) in [4.78, 5) is 26.5. The Labute approximate surface area is 96.0 Å². The minimum atomic E-state index is -0.464. The fraction of sp³-hybridized carbons (Fsp3) is 0. The highest BCUT2D eigenvalue weighted by Gasteiger charge is 2.01. The smallest absolute Gasteiger partial charge is 0.234 e. The standard InChI is InChI=1S/C14H9NO2/c16-12-6-5-9-7-8-15-11-4-2-1-3-10(11)13(9)14(12)17/h1-8,15H. The quantitative estimate of drug-likeness (QED) is 0.589. The van der Waals surface area contributed by atoms with Crippen LogP contribution in [0.15, 0.2) is 58.3 Å². The molecule has 1 aromatic carbocycles. The summed E-state index contributed by atoms with van der Waals surface area (Å²) in [7, 11) is 0. The first kappa shape index (κ1) is 9.78. The lowest BCUT2D eigenvalue weighted by Gasteiger charge is -1.92. The topological polar surface area (TPSA) is 49.9 Å². The van der Waals surface area contributed by atoms with Crippen molar-refractivity contribution in [3.05, 3.63) is 79.5 Å². The van der Waals surface area contributed by atoms with Gasteiger partial charge in [-0.3, -0.25) is 9.59 Å². The lowest BCUT2D eigenvalue weighted by Crippen LogP contribution is -2.23. The Kier molecular flexibility index (Phi) is 2.05. The predicted octanol–water partition coefficient (Wildman–Crippen LogP) is 1.61. The second-order valence-corrected chi connectivity index (χ2v) is 3.88. The van der Waals surface area contributed by atoms with Gasteiger partial charge in [0.05, 0.1) is 0 Å². The third-order valence-corrected chi connectivity index (χ3v) is 2.85. The molecule has 3 rings (SSSR count). The summed E-state index contributed by atoms with van der Waals surface area (Å²) in [5, 5.41) is 2.02. The molecule has 1 aliphatic carbocycles. The largest absolute Gasteiger partial charge is 0.361 e. The number of H-pyrrole nitrogens is 1. The van der Waals surface area contributed by atoms with E-state index in [2.05, 4.69) is 4.98 Å². The summed E-state index contributed by atoms with van der Waals surface area (Å²) >= 11 is 0. The molecule has 1 aliphatic heterocycles. The normalized spacial score (nSPS) is 10.8. The van der Waals surface area contributed by atoms with E-state index in [0.717, 1.165) is 16.1 Å². The van der Waals surface area contributed by atoms with Gasteiger partial charge in [-0.25, -0.2) is 0 Å². The van der Waals surface area contributed by atoms with E-state index in [1.165, 1.54) is 6.07 Å². The number of para-hydroxylation sites is 1. The number of aromatic nitrogens is 1. The predicted molar refractivity (Wildman–Crippen MR) is 66.1 cm³/mol. The lowest BCUT2D eigenvalue weighted by atomic mass is 10.1. The number of benzene rings is 1. The molecule has 1 aromatic rings. The number of aromatic amines is 1. The minimum absolute atomic E-state index is 0.441. The van der Waals surface area contributed by atoms with Gasteiger partial charge in [0.2, 0.25) is 10.9 Å². The van der Waals surface area contributed by atoms with Gasteiger partial charge in [-0.1, -0.05) is 24.3 Å². The van der Waals surface area contributed by atoms with E-state index >= 15 is 0 Å². The van der Waals surface area contributed by atoms with Crippen molar-refractivity contribution in [2.45, 2.75) is 0 Å². The first-order chi connectivity index (χ1) is 8.27. The molecule has 1 heterocycles. The van der Waals surface area contributed by atoms with Gasteiger partial charge in [-0.15, -0.1) is 0 Å². The Morgan fingerprint density at radius 3 is 2.59 bits per heavy atom. The molecule has 0 bridgehead atoms. The van der Waals surface area contributed by atoms with Crippen LogP contribution in [-0.4, -0.2) is 4.98 Å². The fourth-order valence-electron chi connectivity index (χ4n) is 2.04. The van der Waals surface area contributed by atoms with Crippen LogP contribution in [0.25, 0.3) is 10.9 Å². The van der Waals surface area contributed by atoms with Crippen LogP contribution in [-0.2, 0) is 0 Å². The van der Waals surface area contributed by atoms with Crippen molar-refractivity contribution < 1.29 is 0 Å². The molecule has 0 radical (unpaired) electrons. The van der Waals surface area contributed by atoms with Gasteiger partial charge in [0.1, 0.15) is 0 Å². The van der Waals surface area contributed by atoms with E-state index < -0.39 is 10.9 Å². The molecule has 3 nitrogen and oxygen atoms in total. The van der Waals surface area contributed by atoms with Crippen LogP contribution >= 0.6 is 0 Å². The van der Waals surface area contributed by atoms with Crippen LogP contribution in [0.1, 0.15) is 0 Å². The zero-order chi connectivity index (χ0) is 11.8. The van der Waals surface area contributed by atoms with Crippen molar-refractivity contribution in [2.75, 3.05) is 0 Å². The van der Waals surface area contributed by atoms with Gasteiger partial charge in [-0.2, -0.15) is 0 Å². The van der Waals surface area contributed by atoms with Crippen molar-refractivity contribution in [3.63, 3.8) is 0 Å². The molecule has 2 aliphatic rings. The van der Waals surface area contributed by atoms with Crippen LogP contribution in [0.5, 0.6) is 0 Å². The number of rotatable bonds is 0. The monoisotopic (exact) mass is 223 g/mol. The van der Waals surface area contributed by atoms with Gasteiger partial charge in [0.15, 0.2) is 0 Å². The maximum absolute atomic E-state index is 12.0. The molecular weight excluding hydrogens is 214 g/mol. The van der Waals surface area contributed by atoms with Crippen LogP contribution in [0.3, 0.4) is 0 Å². The summed E-state index contributed by atoms with van der Waals surface area (Å²) in [5.74, 6) is 0. The van der Waals surface area contributed by atoms with Crippen LogP contribution in [0.4, 0.5) is 0 Å². The van der Waals surface area contributed by atoms with Gasteiger partial charge >= 0.3 is 0 Å². The third-order valence-electron chi connectivity index (χ3n) is 2.85. The first-order valence-electron chi connectivity index (χ1n) is 5.31. The van der Waals surface area contributed by atoms with Crippen LogP contribution in [0, 0.1) is 10.4 Å². The van der Waals surface area contributed by atoms with Crippen molar-refractivity contribution in [2.24, 2.45) is 0 Å². The van der Waals surface area contributed by atoms with Gasteiger partial charge in [0.25, 0.3) is 0 Å². The average Bonchev–Trinajstić information content (AvgIpc) is 2.53. The molecule has 17 heavy (non-hydrogen) atoms. The summed E-state index contributed by atoms with van der Waals surface area (Å²) in [6, 6.07) is 12.3. The Morgan fingerprint density at radius 2 is 1.71 bits per heavy atom. The lowest BCUT2D eigenvalue weighted by molar-refractivity contribution is 1.39. The molecule has 0 spiro atoms. The zero-order valence-corrected chi connectivity index (χ0v) is 8.94. The Morgan fingerprint density at radius 1 is 0.882 bits per heavy atom. The van der Waals surface area contributed by atoms with E-state index in [4.69, 9.17) is 0 Å². The average molecular weight is 223 g/mol. The first-order valence-corrected chi connectivity index (χ1v) is 5.31. The Hall–Kier alpha value is -2.42. The number of hydrogen-bond donors (Lipinski definition) is 1. The van der Waals surface area contributed by atoms with Crippen LogP contribution in [0.2, 0.25) is 0 Å². The molecular formula is C14H9NO2. The van der Waals surface area contributed by atoms with E-state index in [0.29, 0.717) is 5.22 Å². The van der Waals surface area contributed by atoms with E-state index in [9.17, 15) is 9.59 Å². The number of hydrogen-bond acceptors (Lipinski definition) is 2. The molecule has 0 fully saturated rings. The summed E-state index contributed by atoms with van der Waals surface area (Å²) in [6.45, 7) is 0. The van der Waals surface area contributed by atoms with Crippen molar-refractivity contribution in [1.29, 1.82) is 0 Å². The van der Waals surface area contributed by atoms with Crippen molar-refractivity contribution >= 4 is 10.9 Å². The minimum Gasteiger partial charge on any atom is -0.361 e.